The molecule has 8 heteroatoms. The first-order chi connectivity index (χ1) is 13.9. The summed E-state index contributed by atoms with van der Waals surface area (Å²) in [5.41, 5.74) is 3.41. The van der Waals surface area contributed by atoms with Gasteiger partial charge in [0, 0.05) is 24.5 Å². The van der Waals surface area contributed by atoms with E-state index in [0.717, 1.165) is 41.9 Å². The minimum Gasteiger partial charge on any atom is -0.361 e. The van der Waals surface area contributed by atoms with Crippen LogP contribution >= 0.6 is 0 Å². The van der Waals surface area contributed by atoms with Gasteiger partial charge in [-0.15, -0.1) is 0 Å². The molecule has 150 valence electrons. The molecule has 0 unspecified atom stereocenters. The Labute approximate surface area is 168 Å². The van der Waals surface area contributed by atoms with Crippen LogP contribution in [0.5, 0.6) is 0 Å². The number of H-pyrrole nitrogens is 1. The highest BCUT2D eigenvalue weighted by molar-refractivity contribution is 5.94. The van der Waals surface area contributed by atoms with Gasteiger partial charge in [0.05, 0.1) is 28.6 Å². The van der Waals surface area contributed by atoms with Crippen LogP contribution in [-0.4, -0.2) is 37.5 Å². The van der Waals surface area contributed by atoms with Crippen molar-refractivity contribution in [3.63, 3.8) is 0 Å². The Hall–Kier alpha value is -3.29. The van der Waals surface area contributed by atoms with Crippen LogP contribution in [0.4, 0.5) is 0 Å². The highest BCUT2D eigenvalue weighted by Crippen LogP contribution is 2.33. The summed E-state index contributed by atoms with van der Waals surface area (Å²) in [7, 11) is 0. The van der Waals surface area contributed by atoms with Gasteiger partial charge in [-0.05, 0) is 52.2 Å². The molecule has 0 aliphatic carbocycles. The molecule has 1 aliphatic rings. The molecule has 0 spiro atoms. The number of hydrogen-bond acceptors (Lipinski definition) is 6. The fourth-order valence-corrected chi connectivity index (χ4v) is 3.87. The molecule has 1 fully saturated rings. The standard InChI is InChI=1S/C21H23N5O3/c1-12-10-16(24-20(23-12)19-13(2)25-29-14(19)3)17-6-4-5-9-26(17)21(28)15-7-8-18(27)22-11-15/h7-8,10-11,17H,4-6,9H2,1-3H3,(H,22,27)/t17-/m1/s1. The van der Waals surface area contributed by atoms with Gasteiger partial charge in [0.1, 0.15) is 5.76 Å². The smallest absolute Gasteiger partial charge is 0.255 e. The van der Waals surface area contributed by atoms with E-state index in [4.69, 9.17) is 9.51 Å². The number of amides is 1. The molecule has 4 heterocycles. The van der Waals surface area contributed by atoms with E-state index in [9.17, 15) is 9.59 Å². The zero-order chi connectivity index (χ0) is 20.5. The second-order valence-corrected chi connectivity index (χ2v) is 7.41. The zero-order valence-corrected chi connectivity index (χ0v) is 16.7. The molecular formula is C21H23N5O3. The molecule has 0 aromatic carbocycles. The van der Waals surface area contributed by atoms with Crippen molar-refractivity contribution in [1.29, 1.82) is 0 Å². The van der Waals surface area contributed by atoms with Crippen LogP contribution in [0.15, 0.2) is 33.7 Å². The molecule has 1 N–H and O–H groups in total. The van der Waals surface area contributed by atoms with Crippen molar-refractivity contribution >= 4 is 5.91 Å². The molecule has 8 nitrogen and oxygen atoms in total. The highest BCUT2D eigenvalue weighted by atomic mass is 16.5. The van der Waals surface area contributed by atoms with Gasteiger partial charge < -0.3 is 14.4 Å². The van der Waals surface area contributed by atoms with Gasteiger partial charge in [-0.25, -0.2) is 9.97 Å². The number of carbonyl (C=O) groups excluding carboxylic acids is 1. The fraction of sp³-hybridized carbons (Fsp3) is 0.381. The highest BCUT2D eigenvalue weighted by Gasteiger charge is 2.30. The molecule has 29 heavy (non-hydrogen) atoms. The van der Waals surface area contributed by atoms with Gasteiger partial charge in [0.2, 0.25) is 5.56 Å². The van der Waals surface area contributed by atoms with Crippen molar-refractivity contribution in [2.45, 2.75) is 46.1 Å². The summed E-state index contributed by atoms with van der Waals surface area (Å²) in [6.07, 6.45) is 4.25. The van der Waals surface area contributed by atoms with Crippen molar-refractivity contribution in [2.75, 3.05) is 6.54 Å². The molecular weight excluding hydrogens is 370 g/mol. The first kappa shape index (κ1) is 19.0. The predicted molar refractivity (Wildman–Crippen MR) is 106 cm³/mol. The van der Waals surface area contributed by atoms with Crippen LogP contribution in [0.2, 0.25) is 0 Å². The quantitative estimate of drug-likeness (QED) is 0.733. The first-order valence-electron chi connectivity index (χ1n) is 9.72. The molecule has 1 aliphatic heterocycles. The average Bonchev–Trinajstić information content (AvgIpc) is 3.05. The number of piperidine rings is 1. The van der Waals surface area contributed by atoms with E-state index < -0.39 is 0 Å². The molecule has 3 aromatic rings. The van der Waals surface area contributed by atoms with E-state index in [1.165, 1.54) is 12.3 Å². The van der Waals surface area contributed by atoms with E-state index in [2.05, 4.69) is 15.1 Å². The summed E-state index contributed by atoms with van der Waals surface area (Å²) in [5.74, 6) is 1.13. The van der Waals surface area contributed by atoms with Gasteiger partial charge in [-0.3, -0.25) is 9.59 Å². The summed E-state index contributed by atoms with van der Waals surface area (Å²) < 4.78 is 5.28. The first-order valence-corrected chi connectivity index (χ1v) is 9.72. The molecule has 4 rings (SSSR count). The summed E-state index contributed by atoms with van der Waals surface area (Å²) in [5, 5.41) is 4.01. The SMILES string of the molecule is Cc1cc([C@H]2CCCCN2C(=O)c2ccc(=O)[nH]c2)nc(-c2c(C)noc2C)n1. The van der Waals surface area contributed by atoms with Gasteiger partial charge in [-0.1, -0.05) is 5.16 Å². The molecule has 1 amide bonds. The van der Waals surface area contributed by atoms with Crippen LogP contribution in [0, 0.1) is 20.8 Å². The number of carbonyl (C=O) groups is 1. The van der Waals surface area contributed by atoms with Crippen molar-refractivity contribution < 1.29 is 9.32 Å². The van der Waals surface area contributed by atoms with Gasteiger partial charge in [0.25, 0.3) is 5.91 Å². The maximum Gasteiger partial charge on any atom is 0.255 e. The van der Waals surface area contributed by atoms with E-state index in [1.807, 2.05) is 31.7 Å². The summed E-state index contributed by atoms with van der Waals surface area (Å²) >= 11 is 0. The van der Waals surface area contributed by atoms with Gasteiger partial charge >= 0.3 is 0 Å². The second-order valence-electron chi connectivity index (χ2n) is 7.41. The zero-order valence-electron chi connectivity index (χ0n) is 16.7. The lowest BCUT2D eigenvalue weighted by atomic mass is 9.97. The number of likely N-dealkylation sites (tertiary alicyclic amines) is 1. The summed E-state index contributed by atoms with van der Waals surface area (Å²) in [6.45, 7) is 6.27. The topological polar surface area (TPSA) is 105 Å². The molecule has 0 saturated carbocycles. The largest absolute Gasteiger partial charge is 0.361 e. The van der Waals surface area contributed by atoms with E-state index in [1.54, 1.807) is 6.07 Å². The number of rotatable bonds is 3. The monoisotopic (exact) mass is 393 g/mol. The summed E-state index contributed by atoms with van der Waals surface area (Å²) in [6, 6.07) is 4.72. The lowest BCUT2D eigenvalue weighted by Crippen LogP contribution is -2.39. The van der Waals surface area contributed by atoms with Gasteiger partial charge in [0.15, 0.2) is 5.82 Å². The van der Waals surface area contributed by atoms with E-state index in [0.29, 0.717) is 23.7 Å². The minimum absolute atomic E-state index is 0.110. The van der Waals surface area contributed by atoms with Crippen LogP contribution < -0.4 is 5.56 Å². The van der Waals surface area contributed by atoms with Crippen LogP contribution in [-0.2, 0) is 0 Å². The predicted octanol–water partition coefficient (Wildman–Crippen LogP) is 3.11. The van der Waals surface area contributed by atoms with Crippen molar-refractivity contribution in [3.05, 3.63) is 63.2 Å². The molecule has 0 bridgehead atoms. The minimum atomic E-state index is -0.229. The average molecular weight is 393 g/mol. The number of hydrogen-bond donors (Lipinski definition) is 1. The van der Waals surface area contributed by atoms with Crippen LogP contribution in [0.25, 0.3) is 11.4 Å². The third kappa shape index (κ3) is 3.70. The van der Waals surface area contributed by atoms with Crippen molar-refractivity contribution in [2.24, 2.45) is 0 Å². The van der Waals surface area contributed by atoms with Crippen LogP contribution in [0.3, 0.4) is 0 Å². The van der Waals surface area contributed by atoms with Crippen molar-refractivity contribution in [3.8, 4) is 11.4 Å². The Bertz CT molecular complexity index is 1080. The normalized spacial score (nSPS) is 16.8. The number of nitrogens with zero attached hydrogens (tertiary/aromatic N) is 4. The number of aromatic amines is 1. The Kier molecular flexibility index (Phi) is 5.00. The van der Waals surface area contributed by atoms with Crippen LogP contribution in [0.1, 0.15) is 58.5 Å². The molecule has 0 radical (unpaired) electrons. The number of nitrogens with one attached hydrogen (secondary N) is 1. The van der Waals surface area contributed by atoms with E-state index >= 15 is 0 Å². The molecule has 1 saturated heterocycles. The third-order valence-electron chi connectivity index (χ3n) is 5.27. The lowest BCUT2D eigenvalue weighted by molar-refractivity contribution is 0.0605. The Balaban J connectivity index is 1.73. The molecule has 3 aromatic heterocycles. The van der Waals surface area contributed by atoms with Gasteiger partial charge in [-0.2, -0.15) is 0 Å². The number of pyridine rings is 1. The maximum atomic E-state index is 13.1. The number of aromatic nitrogens is 4. The maximum absolute atomic E-state index is 13.1. The Morgan fingerprint density at radius 1 is 1.21 bits per heavy atom. The Morgan fingerprint density at radius 2 is 2.03 bits per heavy atom. The second kappa shape index (κ2) is 7.62. The fourth-order valence-electron chi connectivity index (χ4n) is 3.87. The Morgan fingerprint density at radius 3 is 2.72 bits per heavy atom. The van der Waals surface area contributed by atoms with E-state index in [-0.39, 0.29) is 17.5 Å². The lowest BCUT2D eigenvalue weighted by Gasteiger charge is -2.35. The molecule has 1 atom stereocenters. The summed E-state index contributed by atoms with van der Waals surface area (Å²) in [4.78, 5) is 38.3. The number of aryl methyl sites for hydroxylation is 3. The third-order valence-corrected chi connectivity index (χ3v) is 5.27. The van der Waals surface area contributed by atoms with Crippen molar-refractivity contribution in [1.82, 2.24) is 25.0 Å².